The minimum Gasteiger partial charge on any atom is -0.297 e. The van der Waals surface area contributed by atoms with Crippen molar-refractivity contribution in [1.82, 2.24) is 5.32 Å². The standard InChI is InChI=1S/C9H4BrNO3S2/c10-5-1-4(15-7(5)3-12)2-6-8(13)11-9(14)16-6/h1-3H,(H,11,13,14). The van der Waals surface area contributed by atoms with Gasteiger partial charge < -0.3 is 0 Å². The zero-order valence-corrected chi connectivity index (χ0v) is 10.9. The van der Waals surface area contributed by atoms with Gasteiger partial charge in [-0.15, -0.1) is 11.3 Å². The van der Waals surface area contributed by atoms with Gasteiger partial charge in [-0.05, 0) is 39.8 Å². The van der Waals surface area contributed by atoms with Crippen LogP contribution in [0.4, 0.5) is 4.79 Å². The molecule has 0 spiro atoms. The summed E-state index contributed by atoms with van der Waals surface area (Å²) in [6.07, 6.45) is 2.33. The van der Waals surface area contributed by atoms with Crippen LogP contribution < -0.4 is 5.32 Å². The lowest BCUT2D eigenvalue weighted by molar-refractivity contribution is -0.115. The van der Waals surface area contributed by atoms with Crippen LogP contribution in [0.1, 0.15) is 14.5 Å². The van der Waals surface area contributed by atoms with Gasteiger partial charge in [0.1, 0.15) is 0 Å². The van der Waals surface area contributed by atoms with E-state index in [0.29, 0.717) is 14.3 Å². The number of thiophene rings is 1. The van der Waals surface area contributed by atoms with Crippen molar-refractivity contribution >= 4 is 62.5 Å². The van der Waals surface area contributed by atoms with Gasteiger partial charge in [-0.25, -0.2) is 0 Å². The molecule has 16 heavy (non-hydrogen) atoms. The molecule has 2 heterocycles. The first-order valence-electron chi connectivity index (χ1n) is 4.09. The minimum absolute atomic E-state index is 0.344. The first-order valence-corrected chi connectivity index (χ1v) is 6.52. The van der Waals surface area contributed by atoms with E-state index in [1.807, 2.05) is 0 Å². The molecule has 0 aromatic carbocycles. The molecule has 82 valence electrons. The number of imide groups is 1. The molecule has 7 heteroatoms. The van der Waals surface area contributed by atoms with Crippen molar-refractivity contribution in [1.29, 1.82) is 0 Å². The topological polar surface area (TPSA) is 63.2 Å². The van der Waals surface area contributed by atoms with Gasteiger partial charge in [0.05, 0.1) is 9.78 Å². The Morgan fingerprint density at radius 1 is 1.38 bits per heavy atom. The van der Waals surface area contributed by atoms with Gasteiger partial charge in [0.25, 0.3) is 11.1 Å². The normalized spacial score (nSPS) is 17.9. The quantitative estimate of drug-likeness (QED) is 0.672. The number of rotatable bonds is 2. The van der Waals surface area contributed by atoms with Crippen molar-refractivity contribution in [2.75, 3.05) is 0 Å². The molecule has 2 rings (SSSR count). The Hall–Kier alpha value is -0.920. The summed E-state index contributed by atoms with van der Waals surface area (Å²) in [5.74, 6) is -0.396. The zero-order valence-electron chi connectivity index (χ0n) is 7.65. The Labute approximate surface area is 107 Å². The van der Waals surface area contributed by atoms with Crippen molar-refractivity contribution in [3.8, 4) is 0 Å². The summed E-state index contributed by atoms with van der Waals surface area (Å²) in [7, 11) is 0. The second kappa shape index (κ2) is 4.52. The van der Waals surface area contributed by atoms with Gasteiger partial charge in [0, 0.05) is 9.35 Å². The Kier molecular flexibility index (Phi) is 3.27. The SMILES string of the molecule is O=Cc1sc(C=C2SC(=O)NC2=O)cc1Br. The van der Waals surface area contributed by atoms with Crippen molar-refractivity contribution in [3.05, 3.63) is 25.2 Å². The van der Waals surface area contributed by atoms with Crippen molar-refractivity contribution in [2.24, 2.45) is 0 Å². The number of carbonyl (C=O) groups is 3. The van der Waals surface area contributed by atoms with Crippen molar-refractivity contribution < 1.29 is 14.4 Å². The third kappa shape index (κ3) is 2.26. The van der Waals surface area contributed by atoms with E-state index in [2.05, 4.69) is 21.2 Å². The summed E-state index contributed by atoms with van der Waals surface area (Å²) in [6, 6.07) is 1.73. The highest BCUT2D eigenvalue weighted by Crippen LogP contribution is 2.31. The molecule has 1 aromatic rings. The predicted octanol–water partition coefficient (Wildman–Crippen LogP) is 2.65. The van der Waals surface area contributed by atoms with E-state index in [9.17, 15) is 14.4 Å². The summed E-state index contributed by atoms with van der Waals surface area (Å²) in [5.41, 5.74) is 0. The maximum absolute atomic E-state index is 11.3. The highest BCUT2D eigenvalue weighted by molar-refractivity contribution is 9.10. The summed E-state index contributed by atoms with van der Waals surface area (Å²) >= 11 is 5.34. The average Bonchev–Trinajstić information content (AvgIpc) is 2.71. The van der Waals surface area contributed by atoms with Gasteiger partial charge >= 0.3 is 0 Å². The number of hydrogen-bond donors (Lipinski definition) is 1. The van der Waals surface area contributed by atoms with E-state index in [4.69, 9.17) is 0 Å². The Morgan fingerprint density at radius 3 is 2.62 bits per heavy atom. The third-order valence-corrected chi connectivity index (χ3v) is 4.49. The fourth-order valence-corrected chi connectivity index (χ4v) is 3.40. The second-order valence-electron chi connectivity index (χ2n) is 2.83. The number of carbonyl (C=O) groups excluding carboxylic acids is 3. The molecule has 0 atom stereocenters. The molecule has 1 aliphatic heterocycles. The van der Waals surface area contributed by atoms with Crippen LogP contribution in [0.5, 0.6) is 0 Å². The lowest BCUT2D eigenvalue weighted by Crippen LogP contribution is -2.17. The van der Waals surface area contributed by atoms with E-state index in [-0.39, 0.29) is 5.24 Å². The van der Waals surface area contributed by atoms with E-state index in [0.717, 1.165) is 22.9 Å². The summed E-state index contributed by atoms with van der Waals surface area (Å²) in [4.78, 5) is 34.4. The summed E-state index contributed by atoms with van der Waals surface area (Å²) in [5, 5.41) is 1.79. The van der Waals surface area contributed by atoms with E-state index in [1.165, 1.54) is 11.3 Å². The molecule has 1 N–H and O–H groups in total. The summed E-state index contributed by atoms with van der Waals surface area (Å²) < 4.78 is 0.689. The fraction of sp³-hybridized carbons (Fsp3) is 0. The number of nitrogens with one attached hydrogen (secondary N) is 1. The average molecular weight is 318 g/mol. The molecule has 1 aliphatic rings. The first kappa shape index (κ1) is 11.6. The molecule has 0 aliphatic carbocycles. The van der Waals surface area contributed by atoms with E-state index < -0.39 is 5.91 Å². The Morgan fingerprint density at radius 2 is 2.12 bits per heavy atom. The monoisotopic (exact) mass is 317 g/mol. The molecule has 0 saturated carbocycles. The van der Waals surface area contributed by atoms with Crippen LogP contribution in [0, 0.1) is 0 Å². The zero-order chi connectivity index (χ0) is 11.7. The van der Waals surface area contributed by atoms with Crippen LogP contribution in [-0.4, -0.2) is 17.4 Å². The summed E-state index contributed by atoms with van der Waals surface area (Å²) in [6.45, 7) is 0. The number of thioether (sulfide) groups is 1. The number of aldehydes is 1. The largest absolute Gasteiger partial charge is 0.297 e. The Bertz CT molecular complexity index is 521. The van der Waals surface area contributed by atoms with Crippen LogP contribution in [0.2, 0.25) is 0 Å². The molecule has 1 saturated heterocycles. The van der Waals surface area contributed by atoms with Crippen LogP contribution in [0.15, 0.2) is 15.4 Å². The van der Waals surface area contributed by atoms with Gasteiger partial charge in [-0.1, -0.05) is 0 Å². The van der Waals surface area contributed by atoms with E-state index in [1.54, 1.807) is 12.1 Å². The Balaban J connectivity index is 2.32. The van der Waals surface area contributed by atoms with Gasteiger partial charge in [0.15, 0.2) is 6.29 Å². The molecule has 1 aromatic heterocycles. The minimum atomic E-state index is -0.396. The molecular weight excluding hydrogens is 314 g/mol. The van der Waals surface area contributed by atoms with Crippen LogP contribution >= 0.6 is 39.0 Å². The first-order chi connectivity index (χ1) is 7.60. The van der Waals surface area contributed by atoms with Crippen LogP contribution in [-0.2, 0) is 4.79 Å². The van der Waals surface area contributed by atoms with Gasteiger partial charge in [0.2, 0.25) is 0 Å². The lowest BCUT2D eigenvalue weighted by Gasteiger charge is -1.87. The molecule has 0 unspecified atom stereocenters. The van der Waals surface area contributed by atoms with Crippen LogP contribution in [0.25, 0.3) is 6.08 Å². The second-order valence-corrected chi connectivity index (χ2v) is 5.82. The molecule has 4 nitrogen and oxygen atoms in total. The van der Waals surface area contributed by atoms with Crippen molar-refractivity contribution in [2.45, 2.75) is 0 Å². The third-order valence-electron chi connectivity index (χ3n) is 1.75. The number of halogens is 1. The maximum atomic E-state index is 11.3. The van der Waals surface area contributed by atoms with Gasteiger partial charge in [-0.2, -0.15) is 0 Å². The molecule has 0 bridgehead atoms. The predicted molar refractivity (Wildman–Crippen MR) is 66.5 cm³/mol. The van der Waals surface area contributed by atoms with E-state index >= 15 is 0 Å². The maximum Gasteiger partial charge on any atom is 0.290 e. The van der Waals surface area contributed by atoms with Crippen molar-refractivity contribution in [3.63, 3.8) is 0 Å². The number of hydrogen-bond acceptors (Lipinski definition) is 5. The van der Waals surface area contributed by atoms with Crippen LogP contribution in [0.3, 0.4) is 0 Å². The smallest absolute Gasteiger partial charge is 0.290 e. The molecule has 0 radical (unpaired) electrons. The fourth-order valence-electron chi connectivity index (χ4n) is 1.10. The highest BCUT2D eigenvalue weighted by Gasteiger charge is 2.25. The lowest BCUT2D eigenvalue weighted by atomic mass is 10.4. The van der Waals surface area contributed by atoms with Gasteiger partial charge in [-0.3, -0.25) is 19.7 Å². The molecule has 1 fully saturated rings. The molecule has 2 amide bonds. The molecular formula is C9H4BrNO3S2. The highest BCUT2D eigenvalue weighted by atomic mass is 79.9. The number of amides is 2.